The van der Waals surface area contributed by atoms with Crippen molar-refractivity contribution in [2.45, 2.75) is 6.92 Å². The molecular formula is C18H28IN3O4. The quantitative estimate of drug-likeness (QED) is 0.466. The first-order valence-corrected chi connectivity index (χ1v) is 9.13. The van der Waals surface area contributed by atoms with Crippen molar-refractivity contribution in [1.29, 1.82) is 0 Å². The maximum Gasteiger partial charge on any atom is 0.407 e. The van der Waals surface area contributed by atoms with Gasteiger partial charge in [0.1, 0.15) is 12.4 Å². The first-order chi connectivity index (χ1) is 12.2. The van der Waals surface area contributed by atoms with Gasteiger partial charge in [-0.1, -0.05) is 6.08 Å². The van der Waals surface area contributed by atoms with Crippen LogP contribution >= 0.6 is 22.6 Å². The predicted molar refractivity (Wildman–Crippen MR) is 112 cm³/mol. The molecule has 7 nitrogen and oxygen atoms in total. The van der Waals surface area contributed by atoms with E-state index in [0.717, 1.165) is 3.57 Å². The van der Waals surface area contributed by atoms with E-state index in [1.54, 1.807) is 27.1 Å². The van der Waals surface area contributed by atoms with E-state index >= 15 is 0 Å². The smallest absolute Gasteiger partial charge is 0.407 e. The fraction of sp³-hybridized carbons (Fsp3) is 0.444. The molecule has 0 saturated carbocycles. The van der Waals surface area contributed by atoms with Gasteiger partial charge in [0.25, 0.3) is 0 Å². The average molecular weight is 477 g/mol. The van der Waals surface area contributed by atoms with E-state index in [9.17, 15) is 14.7 Å². The van der Waals surface area contributed by atoms with Crippen LogP contribution in [0, 0.1) is 3.57 Å². The molecule has 0 fully saturated rings. The van der Waals surface area contributed by atoms with Gasteiger partial charge < -0.3 is 25.0 Å². The minimum absolute atomic E-state index is 0.134. The molecule has 0 atom stereocenters. The molecule has 0 aliphatic rings. The number of carbonyl (C=O) groups excluding carboxylic acids is 1. The third kappa shape index (κ3) is 10.2. The first kappa shape index (κ1) is 24.2. The van der Waals surface area contributed by atoms with Gasteiger partial charge in [-0.25, -0.2) is 4.79 Å². The van der Waals surface area contributed by atoms with Gasteiger partial charge in [-0.3, -0.25) is 4.79 Å². The molecule has 0 spiro atoms. The first-order valence-electron chi connectivity index (χ1n) is 8.06. The number of nitrogens with zero attached hydrogens (tertiary/aromatic N) is 2. The van der Waals surface area contributed by atoms with E-state index in [1.807, 2.05) is 38.4 Å². The van der Waals surface area contributed by atoms with Gasteiger partial charge in [-0.05, 0) is 67.9 Å². The Kier molecular flexibility index (Phi) is 12.5. The molecule has 0 heterocycles. The maximum absolute atomic E-state index is 11.7. The summed E-state index contributed by atoms with van der Waals surface area (Å²) in [7, 11) is 7.06. The normalized spacial score (nSPS) is 10.5. The summed E-state index contributed by atoms with van der Waals surface area (Å²) in [6, 6.07) is 7.52. The second-order valence-corrected chi connectivity index (χ2v) is 6.86. The predicted octanol–water partition coefficient (Wildman–Crippen LogP) is 2.52. The van der Waals surface area contributed by atoms with Crippen LogP contribution in [-0.4, -0.2) is 74.8 Å². The van der Waals surface area contributed by atoms with E-state index in [2.05, 4.69) is 27.9 Å². The van der Waals surface area contributed by atoms with Crippen LogP contribution in [0.2, 0.25) is 0 Å². The summed E-state index contributed by atoms with van der Waals surface area (Å²) in [5, 5.41) is 12.0. The van der Waals surface area contributed by atoms with Crippen LogP contribution in [0.5, 0.6) is 5.75 Å². The topological polar surface area (TPSA) is 82.1 Å². The number of halogens is 1. The van der Waals surface area contributed by atoms with E-state index in [1.165, 1.54) is 9.80 Å². The number of nitrogens with one attached hydrogen (secondary N) is 1. The highest BCUT2D eigenvalue weighted by Crippen LogP contribution is 2.13. The van der Waals surface area contributed by atoms with Crippen molar-refractivity contribution in [3.05, 3.63) is 39.5 Å². The van der Waals surface area contributed by atoms with Crippen LogP contribution in [0.4, 0.5) is 4.79 Å². The van der Waals surface area contributed by atoms with Crippen LogP contribution in [0.1, 0.15) is 6.92 Å². The van der Waals surface area contributed by atoms with Gasteiger partial charge in [0, 0.05) is 29.8 Å². The summed E-state index contributed by atoms with van der Waals surface area (Å²) in [5.74, 6) is 0.566. The Morgan fingerprint density at radius 3 is 2.23 bits per heavy atom. The number of carboxylic acid groups (broad SMARTS) is 1. The Morgan fingerprint density at radius 2 is 1.77 bits per heavy atom. The molecule has 0 aromatic heterocycles. The van der Waals surface area contributed by atoms with Crippen LogP contribution in [0.3, 0.4) is 0 Å². The number of amides is 2. The Bertz CT molecular complexity index is 589. The molecule has 0 aliphatic carbocycles. The summed E-state index contributed by atoms with van der Waals surface area (Å²) < 4.78 is 6.63. The van der Waals surface area contributed by atoms with Crippen molar-refractivity contribution in [3.8, 4) is 5.75 Å². The number of benzene rings is 1. The molecule has 2 amide bonds. The molecule has 0 radical (unpaired) electrons. The molecule has 1 aromatic rings. The summed E-state index contributed by atoms with van der Waals surface area (Å²) in [4.78, 5) is 25.6. The summed E-state index contributed by atoms with van der Waals surface area (Å²) >= 11 is 2.20. The van der Waals surface area contributed by atoms with Gasteiger partial charge >= 0.3 is 6.09 Å². The fourth-order valence-corrected chi connectivity index (χ4v) is 2.12. The number of ether oxygens (including phenoxy) is 1. The van der Waals surface area contributed by atoms with Gasteiger partial charge in [0.05, 0.1) is 6.54 Å². The molecular weight excluding hydrogens is 449 g/mol. The van der Waals surface area contributed by atoms with Crippen molar-refractivity contribution in [2.24, 2.45) is 0 Å². The Balaban J connectivity index is 0.00000194. The third-order valence-electron chi connectivity index (χ3n) is 3.08. The molecule has 2 N–H and O–H groups in total. The lowest BCUT2D eigenvalue weighted by Crippen LogP contribution is -2.34. The van der Waals surface area contributed by atoms with Crippen molar-refractivity contribution in [2.75, 3.05) is 47.9 Å². The zero-order chi connectivity index (χ0) is 20.1. The molecule has 0 bridgehead atoms. The van der Waals surface area contributed by atoms with E-state index in [4.69, 9.17) is 4.74 Å². The van der Waals surface area contributed by atoms with Crippen molar-refractivity contribution in [3.63, 3.8) is 0 Å². The Morgan fingerprint density at radius 1 is 1.23 bits per heavy atom. The molecule has 1 aromatic carbocycles. The van der Waals surface area contributed by atoms with Crippen molar-refractivity contribution in [1.82, 2.24) is 15.1 Å². The molecule has 1 rings (SSSR count). The van der Waals surface area contributed by atoms with Crippen molar-refractivity contribution >= 4 is 34.6 Å². The molecule has 0 saturated heterocycles. The monoisotopic (exact) mass is 477 g/mol. The average Bonchev–Trinajstić information content (AvgIpc) is 2.58. The summed E-state index contributed by atoms with van der Waals surface area (Å²) in [6.07, 6.45) is 0.569. The van der Waals surface area contributed by atoms with Gasteiger partial charge in [-0.2, -0.15) is 0 Å². The highest BCUT2D eigenvalue weighted by molar-refractivity contribution is 14.1. The highest BCUT2D eigenvalue weighted by Gasteiger charge is 2.12. The molecule has 8 heteroatoms. The number of hydrogen-bond donors (Lipinski definition) is 2. The SMILES string of the molecule is CC(=CCN(CCOc1ccc(I)cc1)C(=O)O)C(=O)N(C)C.CNC. The Labute approximate surface area is 169 Å². The lowest BCUT2D eigenvalue weighted by molar-refractivity contribution is -0.124. The number of hydrogen-bond acceptors (Lipinski definition) is 4. The van der Waals surface area contributed by atoms with Gasteiger partial charge in [-0.15, -0.1) is 0 Å². The fourth-order valence-electron chi connectivity index (χ4n) is 1.76. The van der Waals surface area contributed by atoms with E-state index < -0.39 is 6.09 Å². The number of carbonyl (C=O) groups is 2. The largest absolute Gasteiger partial charge is 0.492 e. The molecule has 146 valence electrons. The van der Waals surface area contributed by atoms with Crippen LogP contribution in [-0.2, 0) is 4.79 Å². The minimum atomic E-state index is -1.04. The second kappa shape index (κ2) is 13.4. The molecule has 0 aliphatic heterocycles. The van der Waals surface area contributed by atoms with Crippen LogP contribution in [0.15, 0.2) is 35.9 Å². The lowest BCUT2D eigenvalue weighted by Gasteiger charge is -2.18. The second-order valence-electron chi connectivity index (χ2n) is 5.62. The number of rotatable bonds is 7. The Hall–Kier alpha value is -1.81. The van der Waals surface area contributed by atoms with Crippen LogP contribution < -0.4 is 10.1 Å². The van der Waals surface area contributed by atoms with Gasteiger partial charge in [0.2, 0.25) is 5.91 Å². The number of likely N-dealkylation sites (N-methyl/N-ethyl adjacent to an activating group) is 1. The van der Waals surface area contributed by atoms with E-state index in [-0.39, 0.29) is 25.6 Å². The molecule has 0 unspecified atom stereocenters. The zero-order valence-electron chi connectivity index (χ0n) is 16.0. The highest BCUT2D eigenvalue weighted by atomic mass is 127. The van der Waals surface area contributed by atoms with Gasteiger partial charge in [0.15, 0.2) is 0 Å². The van der Waals surface area contributed by atoms with Crippen molar-refractivity contribution < 1.29 is 19.4 Å². The summed E-state index contributed by atoms with van der Waals surface area (Å²) in [6.45, 7) is 2.30. The molecule has 26 heavy (non-hydrogen) atoms. The summed E-state index contributed by atoms with van der Waals surface area (Å²) in [5.41, 5.74) is 0.514. The standard InChI is InChI=1S/C16H21IN2O4.C2H7N/c1-12(15(20)18(2)3)8-9-19(16(21)22)10-11-23-14-6-4-13(17)5-7-14;1-3-2/h4-8H,9-11H2,1-3H3,(H,21,22);3H,1-2H3. The lowest BCUT2D eigenvalue weighted by atomic mass is 10.2. The third-order valence-corrected chi connectivity index (χ3v) is 3.79. The zero-order valence-corrected chi connectivity index (χ0v) is 18.1. The van der Waals surface area contributed by atoms with Crippen LogP contribution in [0.25, 0.3) is 0 Å². The van der Waals surface area contributed by atoms with E-state index in [0.29, 0.717) is 11.3 Å². The maximum atomic E-state index is 11.7. The minimum Gasteiger partial charge on any atom is -0.492 e.